The molecule has 0 aliphatic carbocycles. The highest BCUT2D eigenvalue weighted by atomic mass is 16.5. The lowest BCUT2D eigenvalue weighted by atomic mass is 10.1. The summed E-state index contributed by atoms with van der Waals surface area (Å²) < 4.78 is 5.59. The summed E-state index contributed by atoms with van der Waals surface area (Å²) in [5.74, 6) is 0.861. The Balaban J connectivity index is 2.41. The third-order valence-electron chi connectivity index (χ3n) is 2.94. The van der Waals surface area contributed by atoms with Crippen molar-refractivity contribution in [1.82, 2.24) is 5.32 Å². The molecule has 3 nitrogen and oxygen atoms in total. The Morgan fingerprint density at radius 1 is 1.28 bits per heavy atom. The Morgan fingerprint density at radius 2 is 1.89 bits per heavy atom. The molecule has 1 rings (SSSR count). The summed E-state index contributed by atoms with van der Waals surface area (Å²) in [5.41, 5.74) is 0.633. The molecule has 2 N–H and O–H groups in total. The van der Waals surface area contributed by atoms with Gasteiger partial charge in [-0.1, -0.05) is 12.1 Å². The van der Waals surface area contributed by atoms with Gasteiger partial charge >= 0.3 is 0 Å². The highest BCUT2D eigenvalue weighted by molar-refractivity contribution is 5.27. The van der Waals surface area contributed by atoms with Crippen LogP contribution in [0.3, 0.4) is 0 Å². The first kappa shape index (κ1) is 15.0. The summed E-state index contributed by atoms with van der Waals surface area (Å²) in [7, 11) is 1.97. The van der Waals surface area contributed by atoms with E-state index >= 15 is 0 Å². The van der Waals surface area contributed by atoms with Gasteiger partial charge in [0.05, 0.1) is 12.2 Å². The van der Waals surface area contributed by atoms with Crippen LogP contribution >= 0.6 is 0 Å². The average molecular weight is 251 g/mol. The van der Waals surface area contributed by atoms with Crippen LogP contribution in [0.15, 0.2) is 24.3 Å². The maximum absolute atomic E-state index is 9.58. The molecule has 1 aromatic carbocycles. The Kier molecular flexibility index (Phi) is 5.63. The van der Waals surface area contributed by atoms with Crippen LogP contribution < -0.4 is 10.1 Å². The second-order valence-electron chi connectivity index (χ2n) is 5.45. The zero-order valence-electron chi connectivity index (χ0n) is 11.9. The smallest absolute Gasteiger partial charge is 0.119 e. The van der Waals surface area contributed by atoms with Crippen molar-refractivity contribution in [3.05, 3.63) is 29.8 Å². The molecule has 102 valence electrons. The van der Waals surface area contributed by atoms with Gasteiger partial charge in [-0.15, -0.1) is 0 Å². The van der Waals surface area contributed by atoms with E-state index in [4.69, 9.17) is 4.74 Å². The Hall–Kier alpha value is -1.06. The quantitative estimate of drug-likeness (QED) is 0.782. The average Bonchev–Trinajstić information content (AvgIpc) is 2.29. The monoisotopic (exact) mass is 251 g/mol. The van der Waals surface area contributed by atoms with Gasteiger partial charge < -0.3 is 15.2 Å². The molecule has 0 aromatic heterocycles. The van der Waals surface area contributed by atoms with Gasteiger partial charge in [-0.25, -0.2) is 0 Å². The number of rotatable bonds is 7. The van der Waals surface area contributed by atoms with Gasteiger partial charge in [0.1, 0.15) is 5.75 Å². The lowest BCUT2D eigenvalue weighted by molar-refractivity contribution is 0.0553. The van der Waals surface area contributed by atoms with E-state index in [1.54, 1.807) is 13.8 Å². The van der Waals surface area contributed by atoms with E-state index in [0.29, 0.717) is 19.1 Å². The summed E-state index contributed by atoms with van der Waals surface area (Å²) >= 11 is 0. The predicted octanol–water partition coefficient (Wildman–Crippen LogP) is 2.38. The minimum Gasteiger partial charge on any atom is -0.493 e. The van der Waals surface area contributed by atoms with E-state index < -0.39 is 5.60 Å². The zero-order chi connectivity index (χ0) is 13.6. The SMILES string of the molecule is CNC(C)Cc1ccc(OCCC(C)(C)O)cc1. The Morgan fingerprint density at radius 3 is 2.39 bits per heavy atom. The molecule has 1 unspecified atom stereocenters. The van der Waals surface area contributed by atoms with Crippen LogP contribution in [0, 0.1) is 0 Å². The number of nitrogens with one attached hydrogen (secondary N) is 1. The van der Waals surface area contributed by atoms with Gasteiger partial charge in [-0.2, -0.15) is 0 Å². The third-order valence-corrected chi connectivity index (χ3v) is 2.94. The third kappa shape index (κ3) is 6.03. The van der Waals surface area contributed by atoms with Crippen LogP contribution in [-0.4, -0.2) is 30.4 Å². The van der Waals surface area contributed by atoms with Crippen LogP contribution in [0.5, 0.6) is 5.75 Å². The van der Waals surface area contributed by atoms with Gasteiger partial charge in [0.2, 0.25) is 0 Å². The Labute approximate surface area is 110 Å². The number of hydrogen-bond acceptors (Lipinski definition) is 3. The van der Waals surface area contributed by atoms with Crippen LogP contribution in [0.1, 0.15) is 32.8 Å². The molecular formula is C15H25NO2. The van der Waals surface area contributed by atoms with Gasteiger partial charge in [0, 0.05) is 12.5 Å². The minimum atomic E-state index is -0.665. The number of hydrogen-bond donors (Lipinski definition) is 2. The molecule has 0 radical (unpaired) electrons. The molecule has 0 spiro atoms. The van der Waals surface area contributed by atoms with Crippen molar-refractivity contribution < 1.29 is 9.84 Å². The van der Waals surface area contributed by atoms with Crippen LogP contribution in [-0.2, 0) is 6.42 Å². The van der Waals surface area contributed by atoms with E-state index in [1.807, 2.05) is 19.2 Å². The van der Waals surface area contributed by atoms with Crippen molar-refractivity contribution >= 4 is 0 Å². The summed E-state index contributed by atoms with van der Waals surface area (Å²) in [6.07, 6.45) is 1.64. The number of ether oxygens (including phenoxy) is 1. The first-order chi connectivity index (χ1) is 8.40. The fourth-order valence-electron chi connectivity index (χ4n) is 1.60. The highest BCUT2D eigenvalue weighted by Gasteiger charge is 2.12. The summed E-state index contributed by atoms with van der Waals surface area (Å²) in [5, 5.41) is 12.8. The molecule has 0 saturated carbocycles. The van der Waals surface area contributed by atoms with Crippen molar-refractivity contribution in [1.29, 1.82) is 0 Å². The molecule has 0 amide bonds. The normalized spacial score (nSPS) is 13.4. The first-order valence-corrected chi connectivity index (χ1v) is 6.52. The summed E-state index contributed by atoms with van der Waals surface area (Å²) in [6.45, 7) is 6.28. The van der Waals surface area contributed by atoms with E-state index in [1.165, 1.54) is 5.56 Å². The van der Waals surface area contributed by atoms with Crippen molar-refractivity contribution in [3.8, 4) is 5.75 Å². The van der Waals surface area contributed by atoms with E-state index in [-0.39, 0.29) is 0 Å². The Bertz CT molecular complexity index is 341. The van der Waals surface area contributed by atoms with Crippen molar-refractivity contribution in [2.45, 2.75) is 45.3 Å². The molecule has 18 heavy (non-hydrogen) atoms. The molecule has 0 heterocycles. The zero-order valence-corrected chi connectivity index (χ0v) is 11.9. The van der Waals surface area contributed by atoms with Crippen LogP contribution in [0.2, 0.25) is 0 Å². The minimum absolute atomic E-state index is 0.479. The highest BCUT2D eigenvalue weighted by Crippen LogP contribution is 2.15. The molecule has 3 heteroatoms. The standard InChI is InChI=1S/C15H25NO2/c1-12(16-4)11-13-5-7-14(8-6-13)18-10-9-15(2,3)17/h5-8,12,16-17H,9-11H2,1-4H3. The van der Waals surface area contributed by atoms with Gasteiger partial charge in [0.25, 0.3) is 0 Å². The number of likely N-dealkylation sites (N-methyl/N-ethyl adjacent to an activating group) is 1. The molecule has 0 bridgehead atoms. The van der Waals surface area contributed by atoms with Crippen LogP contribution in [0.4, 0.5) is 0 Å². The number of benzene rings is 1. The predicted molar refractivity (Wildman–Crippen MR) is 75.1 cm³/mol. The molecule has 1 aromatic rings. The van der Waals surface area contributed by atoms with Crippen LogP contribution in [0.25, 0.3) is 0 Å². The molecule has 0 aliphatic heterocycles. The van der Waals surface area contributed by atoms with Crippen molar-refractivity contribution in [3.63, 3.8) is 0 Å². The van der Waals surface area contributed by atoms with E-state index in [9.17, 15) is 5.11 Å². The summed E-state index contributed by atoms with van der Waals surface area (Å²) in [6, 6.07) is 8.64. The number of aliphatic hydroxyl groups is 1. The van der Waals surface area contributed by atoms with Gasteiger partial charge in [0.15, 0.2) is 0 Å². The van der Waals surface area contributed by atoms with E-state index in [2.05, 4.69) is 24.4 Å². The fraction of sp³-hybridized carbons (Fsp3) is 0.600. The molecule has 0 saturated heterocycles. The maximum Gasteiger partial charge on any atom is 0.119 e. The second-order valence-corrected chi connectivity index (χ2v) is 5.45. The van der Waals surface area contributed by atoms with E-state index in [0.717, 1.165) is 12.2 Å². The molecule has 0 aliphatic rings. The maximum atomic E-state index is 9.58. The molecule has 0 fully saturated rings. The van der Waals surface area contributed by atoms with Gasteiger partial charge in [-0.3, -0.25) is 0 Å². The van der Waals surface area contributed by atoms with Crippen molar-refractivity contribution in [2.24, 2.45) is 0 Å². The molecular weight excluding hydrogens is 226 g/mol. The fourth-order valence-corrected chi connectivity index (χ4v) is 1.60. The van der Waals surface area contributed by atoms with Crippen molar-refractivity contribution in [2.75, 3.05) is 13.7 Å². The topological polar surface area (TPSA) is 41.5 Å². The molecule has 1 atom stereocenters. The lowest BCUT2D eigenvalue weighted by Crippen LogP contribution is -2.23. The second kappa shape index (κ2) is 6.76. The van der Waals surface area contributed by atoms with Gasteiger partial charge in [-0.05, 0) is 51.9 Å². The largest absolute Gasteiger partial charge is 0.493 e. The first-order valence-electron chi connectivity index (χ1n) is 6.52. The lowest BCUT2D eigenvalue weighted by Gasteiger charge is -2.17. The summed E-state index contributed by atoms with van der Waals surface area (Å²) in [4.78, 5) is 0.